The number of nitrogens with zero attached hydrogens (tertiary/aromatic N) is 2. The first-order valence-electron chi connectivity index (χ1n) is 8.18. The van der Waals surface area contributed by atoms with Crippen molar-refractivity contribution in [3.8, 4) is 16.5 Å². The van der Waals surface area contributed by atoms with Gasteiger partial charge < -0.3 is 14.6 Å². The van der Waals surface area contributed by atoms with Gasteiger partial charge in [0.1, 0.15) is 5.75 Å². The topological polar surface area (TPSA) is 77.2 Å². The quantitative estimate of drug-likeness (QED) is 0.681. The summed E-state index contributed by atoms with van der Waals surface area (Å²) in [6, 6.07) is 8.82. The second kappa shape index (κ2) is 7.09. The molecular weight excluding hydrogens is 374 g/mol. The van der Waals surface area contributed by atoms with Crippen molar-refractivity contribution in [2.45, 2.75) is 25.3 Å². The summed E-state index contributed by atoms with van der Waals surface area (Å²) in [5.41, 5.74) is 0.405. The van der Waals surface area contributed by atoms with E-state index in [1.807, 2.05) is 12.1 Å². The zero-order chi connectivity index (χ0) is 18.1. The van der Waals surface area contributed by atoms with Crippen LogP contribution in [0.5, 0.6) is 5.75 Å². The van der Waals surface area contributed by atoms with Gasteiger partial charge in [-0.1, -0.05) is 16.8 Å². The molecule has 26 heavy (non-hydrogen) atoms. The van der Waals surface area contributed by atoms with E-state index in [4.69, 9.17) is 20.9 Å². The number of hydrogen-bond donors (Lipinski definition) is 1. The Kier molecular flexibility index (Phi) is 4.65. The second-order valence-corrected chi connectivity index (χ2v) is 7.63. The fourth-order valence-corrected chi connectivity index (χ4v) is 3.59. The van der Waals surface area contributed by atoms with E-state index in [1.165, 1.54) is 18.4 Å². The van der Waals surface area contributed by atoms with Gasteiger partial charge in [0.05, 0.1) is 24.1 Å². The molecule has 1 saturated carbocycles. The fourth-order valence-electron chi connectivity index (χ4n) is 2.55. The highest BCUT2D eigenvalue weighted by molar-refractivity contribution is 7.15. The predicted molar refractivity (Wildman–Crippen MR) is 98.8 cm³/mol. The summed E-state index contributed by atoms with van der Waals surface area (Å²) >= 11 is 7.49. The van der Waals surface area contributed by atoms with Crippen LogP contribution >= 0.6 is 22.9 Å². The maximum atomic E-state index is 12.4. The SMILES string of the molecule is COc1ccc(Cl)cc1C(=O)NCc1ccc(-c2nc(C3CC3)no2)s1. The smallest absolute Gasteiger partial charge is 0.268 e. The normalized spacial score (nSPS) is 13.6. The van der Waals surface area contributed by atoms with E-state index in [9.17, 15) is 4.79 Å². The number of rotatable bonds is 6. The summed E-state index contributed by atoms with van der Waals surface area (Å²) in [5.74, 6) is 2.02. The van der Waals surface area contributed by atoms with Gasteiger partial charge in [0.15, 0.2) is 5.82 Å². The second-order valence-electron chi connectivity index (χ2n) is 6.03. The highest BCUT2D eigenvalue weighted by atomic mass is 35.5. The Morgan fingerprint density at radius 1 is 1.38 bits per heavy atom. The third-order valence-corrected chi connectivity index (χ3v) is 5.39. The Labute approximate surface area is 159 Å². The number of methoxy groups -OCH3 is 1. The maximum Gasteiger partial charge on any atom is 0.268 e. The van der Waals surface area contributed by atoms with Gasteiger partial charge in [-0.3, -0.25) is 4.79 Å². The first-order chi connectivity index (χ1) is 12.6. The van der Waals surface area contributed by atoms with Crippen molar-refractivity contribution in [3.63, 3.8) is 0 Å². The third-order valence-electron chi connectivity index (χ3n) is 4.09. The molecule has 0 spiro atoms. The van der Waals surface area contributed by atoms with Gasteiger partial charge >= 0.3 is 0 Å². The van der Waals surface area contributed by atoms with Gasteiger partial charge in [-0.15, -0.1) is 11.3 Å². The molecule has 2 aromatic heterocycles. The predicted octanol–water partition coefficient (Wildman–Crippen LogP) is 4.27. The molecule has 0 unspecified atom stereocenters. The van der Waals surface area contributed by atoms with Gasteiger partial charge in [0.25, 0.3) is 11.8 Å². The minimum atomic E-state index is -0.242. The molecule has 4 rings (SSSR count). The summed E-state index contributed by atoms with van der Waals surface area (Å²) in [7, 11) is 1.52. The lowest BCUT2D eigenvalue weighted by molar-refractivity contribution is 0.0948. The Balaban J connectivity index is 1.42. The number of ether oxygens (including phenoxy) is 1. The first-order valence-corrected chi connectivity index (χ1v) is 9.38. The van der Waals surface area contributed by atoms with Gasteiger partial charge in [-0.25, -0.2) is 0 Å². The molecule has 0 atom stereocenters. The van der Waals surface area contributed by atoms with Crippen LogP contribution in [0.1, 0.15) is 39.8 Å². The Hall–Kier alpha value is -2.38. The Morgan fingerprint density at radius 3 is 3.00 bits per heavy atom. The standard InChI is InChI=1S/C18H16ClN3O3S/c1-24-14-6-4-11(19)8-13(14)17(23)20-9-12-5-7-15(26-12)18-21-16(22-25-18)10-2-3-10/h4-8,10H,2-3,9H2,1H3,(H,20,23). The number of carbonyl (C=O) groups excluding carboxylic acids is 1. The number of amides is 1. The van der Waals surface area contributed by atoms with Crippen molar-refractivity contribution in [2.24, 2.45) is 0 Å². The third kappa shape index (κ3) is 3.59. The molecule has 0 radical (unpaired) electrons. The van der Waals surface area contributed by atoms with E-state index in [0.717, 1.165) is 28.4 Å². The zero-order valence-electron chi connectivity index (χ0n) is 14.0. The van der Waals surface area contributed by atoms with Crippen molar-refractivity contribution >= 4 is 28.8 Å². The molecule has 2 heterocycles. The van der Waals surface area contributed by atoms with Gasteiger partial charge in [-0.05, 0) is 43.2 Å². The summed E-state index contributed by atoms with van der Waals surface area (Å²) in [4.78, 5) is 18.8. The van der Waals surface area contributed by atoms with Crippen molar-refractivity contribution in [2.75, 3.05) is 7.11 Å². The largest absolute Gasteiger partial charge is 0.496 e. The molecular formula is C18H16ClN3O3S. The average Bonchev–Trinajstić information content (AvgIpc) is 3.19. The van der Waals surface area contributed by atoms with Gasteiger partial charge in [0.2, 0.25) is 0 Å². The molecule has 0 bridgehead atoms. The van der Waals surface area contributed by atoms with Crippen LogP contribution < -0.4 is 10.1 Å². The molecule has 1 aliphatic rings. The summed E-state index contributed by atoms with van der Waals surface area (Å²) < 4.78 is 10.6. The summed E-state index contributed by atoms with van der Waals surface area (Å²) in [6.45, 7) is 0.392. The molecule has 1 N–H and O–H groups in total. The average molecular weight is 390 g/mol. The summed E-state index contributed by atoms with van der Waals surface area (Å²) in [5, 5.41) is 7.39. The Bertz CT molecular complexity index is 949. The molecule has 0 aliphatic heterocycles. The number of hydrogen-bond acceptors (Lipinski definition) is 6. The molecule has 0 saturated heterocycles. The molecule has 1 aliphatic carbocycles. The Morgan fingerprint density at radius 2 is 2.23 bits per heavy atom. The van der Waals surface area contributed by atoms with Crippen LogP contribution in [-0.4, -0.2) is 23.2 Å². The number of thiophene rings is 1. The number of nitrogens with one attached hydrogen (secondary N) is 1. The molecule has 1 amide bonds. The number of benzene rings is 1. The molecule has 1 aromatic carbocycles. The van der Waals surface area contributed by atoms with E-state index in [1.54, 1.807) is 18.2 Å². The minimum Gasteiger partial charge on any atom is -0.496 e. The molecule has 134 valence electrons. The zero-order valence-corrected chi connectivity index (χ0v) is 15.6. The van der Waals surface area contributed by atoms with Crippen LogP contribution in [-0.2, 0) is 6.54 Å². The van der Waals surface area contributed by atoms with Crippen LogP contribution in [0.25, 0.3) is 10.8 Å². The minimum absolute atomic E-state index is 0.242. The first kappa shape index (κ1) is 17.1. The van der Waals surface area contributed by atoms with E-state index in [0.29, 0.717) is 34.7 Å². The number of carbonyl (C=O) groups is 1. The number of halogens is 1. The van der Waals surface area contributed by atoms with Crippen molar-refractivity contribution in [1.29, 1.82) is 0 Å². The highest BCUT2D eigenvalue weighted by Gasteiger charge is 2.29. The maximum absolute atomic E-state index is 12.4. The fraction of sp³-hybridized carbons (Fsp3) is 0.278. The highest BCUT2D eigenvalue weighted by Crippen LogP contribution is 2.39. The molecule has 1 fully saturated rings. The van der Waals surface area contributed by atoms with Crippen molar-refractivity contribution in [1.82, 2.24) is 15.5 Å². The van der Waals surface area contributed by atoms with Gasteiger partial charge in [-0.2, -0.15) is 4.98 Å². The molecule has 8 heteroatoms. The molecule has 6 nitrogen and oxygen atoms in total. The monoisotopic (exact) mass is 389 g/mol. The van der Waals surface area contributed by atoms with Crippen molar-refractivity contribution in [3.05, 3.63) is 51.6 Å². The van der Waals surface area contributed by atoms with Gasteiger partial charge in [0, 0.05) is 15.8 Å². The van der Waals surface area contributed by atoms with Crippen LogP contribution in [0.3, 0.4) is 0 Å². The molecule has 3 aromatic rings. The summed E-state index contributed by atoms with van der Waals surface area (Å²) in [6.07, 6.45) is 2.27. The lowest BCUT2D eigenvalue weighted by atomic mass is 10.2. The van der Waals surface area contributed by atoms with Crippen LogP contribution in [0.4, 0.5) is 0 Å². The van der Waals surface area contributed by atoms with Crippen LogP contribution in [0, 0.1) is 0 Å². The number of aromatic nitrogens is 2. The van der Waals surface area contributed by atoms with Crippen LogP contribution in [0.15, 0.2) is 34.9 Å². The van der Waals surface area contributed by atoms with Crippen LogP contribution in [0.2, 0.25) is 5.02 Å². The lowest BCUT2D eigenvalue weighted by Crippen LogP contribution is -2.22. The van der Waals surface area contributed by atoms with E-state index in [-0.39, 0.29) is 5.91 Å². The van der Waals surface area contributed by atoms with E-state index in [2.05, 4.69) is 15.5 Å². The van der Waals surface area contributed by atoms with E-state index < -0.39 is 0 Å². The van der Waals surface area contributed by atoms with E-state index >= 15 is 0 Å². The van der Waals surface area contributed by atoms with Crippen molar-refractivity contribution < 1.29 is 14.1 Å². The lowest BCUT2D eigenvalue weighted by Gasteiger charge is -2.09.